The van der Waals surface area contributed by atoms with Gasteiger partial charge in [0, 0.05) is 6.54 Å². The largest absolute Gasteiger partial charge is 0.481 e. The number of hydrogen-bond acceptors (Lipinski definition) is 3. The molecule has 2 aromatic rings. The molecule has 0 radical (unpaired) electrons. The lowest BCUT2D eigenvalue weighted by Gasteiger charge is -2.14. The van der Waals surface area contributed by atoms with Gasteiger partial charge in [-0.25, -0.2) is 4.79 Å². The molecule has 0 saturated heterocycles. The number of aliphatic carboxylic acids is 1. The highest BCUT2D eigenvalue weighted by Crippen LogP contribution is 2.11. The Kier molecular flexibility index (Phi) is 6.37. The first-order valence-electron chi connectivity index (χ1n) is 7.77. The molecule has 0 aliphatic carbocycles. The fourth-order valence-corrected chi connectivity index (χ4v) is 2.35. The first kappa shape index (κ1) is 17.5. The number of alkyl carbamates (subject to hydrolysis) is 1. The van der Waals surface area contributed by atoms with E-state index in [0.29, 0.717) is 6.42 Å². The van der Waals surface area contributed by atoms with E-state index in [1.165, 1.54) is 0 Å². The predicted molar refractivity (Wildman–Crippen MR) is 90.6 cm³/mol. The summed E-state index contributed by atoms with van der Waals surface area (Å²) >= 11 is 0. The Balaban J connectivity index is 1.82. The minimum Gasteiger partial charge on any atom is -0.481 e. The third-order valence-corrected chi connectivity index (χ3v) is 3.62. The molecule has 0 aromatic heterocycles. The molecule has 2 aromatic carbocycles. The lowest BCUT2D eigenvalue weighted by atomic mass is 9.98. The predicted octanol–water partition coefficient (Wildman–Crippen LogP) is 3.16. The summed E-state index contributed by atoms with van der Waals surface area (Å²) in [5.74, 6) is -1.64. The van der Waals surface area contributed by atoms with Crippen molar-refractivity contribution >= 4 is 12.1 Å². The molecule has 0 fully saturated rings. The van der Waals surface area contributed by atoms with Crippen LogP contribution in [0.2, 0.25) is 0 Å². The molecule has 1 unspecified atom stereocenters. The van der Waals surface area contributed by atoms with Crippen LogP contribution in [0.25, 0.3) is 0 Å². The molecule has 126 valence electrons. The maximum absolute atomic E-state index is 11.7. The lowest BCUT2D eigenvalue weighted by Crippen LogP contribution is -2.34. The normalized spacial score (nSPS) is 11.5. The van der Waals surface area contributed by atoms with Crippen molar-refractivity contribution < 1.29 is 19.4 Å². The number of hydrogen-bond donors (Lipinski definition) is 2. The molecule has 2 rings (SSSR count). The minimum absolute atomic E-state index is 0.0247. The number of benzene rings is 2. The van der Waals surface area contributed by atoms with Crippen LogP contribution >= 0.6 is 0 Å². The van der Waals surface area contributed by atoms with E-state index in [1.807, 2.05) is 61.5 Å². The second-order valence-corrected chi connectivity index (χ2v) is 5.67. The van der Waals surface area contributed by atoms with Crippen LogP contribution in [0.5, 0.6) is 0 Å². The number of amides is 1. The van der Waals surface area contributed by atoms with Crippen LogP contribution in [-0.4, -0.2) is 23.7 Å². The van der Waals surface area contributed by atoms with Crippen molar-refractivity contribution in [2.75, 3.05) is 6.54 Å². The minimum atomic E-state index is -0.945. The standard InChI is InChI=1S/C19H21NO4/c1-14-6-5-9-16(10-14)11-17(18(21)22)12-20-19(23)24-13-15-7-3-2-4-8-15/h2-10,17H,11-13H2,1H3,(H,20,23)(H,21,22). The van der Waals surface area contributed by atoms with Gasteiger partial charge in [-0.2, -0.15) is 0 Å². The molecular formula is C19H21NO4. The molecule has 5 nitrogen and oxygen atoms in total. The highest BCUT2D eigenvalue weighted by molar-refractivity contribution is 5.73. The smallest absolute Gasteiger partial charge is 0.407 e. The first-order valence-corrected chi connectivity index (χ1v) is 7.77. The zero-order valence-corrected chi connectivity index (χ0v) is 13.6. The first-order chi connectivity index (χ1) is 11.5. The molecule has 0 saturated carbocycles. The lowest BCUT2D eigenvalue weighted by molar-refractivity contribution is -0.141. The van der Waals surface area contributed by atoms with E-state index in [2.05, 4.69) is 5.32 Å². The van der Waals surface area contributed by atoms with Crippen LogP contribution in [0.3, 0.4) is 0 Å². The summed E-state index contributed by atoms with van der Waals surface area (Å²) in [6, 6.07) is 17.0. The molecule has 0 aliphatic heterocycles. The number of rotatable bonds is 7. The van der Waals surface area contributed by atoms with Crippen LogP contribution in [0.15, 0.2) is 54.6 Å². The van der Waals surface area contributed by atoms with Crippen molar-refractivity contribution in [3.63, 3.8) is 0 Å². The Labute approximate surface area is 141 Å². The second-order valence-electron chi connectivity index (χ2n) is 5.67. The highest BCUT2D eigenvalue weighted by atomic mass is 16.5. The summed E-state index contributed by atoms with van der Waals surface area (Å²) in [7, 11) is 0. The fraction of sp³-hybridized carbons (Fsp3) is 0.263. The maximum atomic E-state index is 11.7. The average Bonchev–Trinajstić information content (AvgIpc) is 2.57. The second kappa shape index (κ2) is 8.72. The zero-order valence-electron chi connectivity index (χ0n) is 13.6. The van der Waals surface area contributed by atoms with E-state index < -0.39 is 18.0 Å². The van der Waals surface area contributed by atoms with E-state index in [4.69, 9.17) is 4.74 Å². The van der Waals surface area contributed by atoms with Gasteiger partial charge in [-0.1, -0.05) is 60.2 Å². The number of ether oxygens (including phenoxy) is 1. The van der Waals surface area contributed by atoms with Crippen LogP contribution in [0.1, 0.15) is 16.7 Å². The third-order valence-electron chi connectivity index (χ3n) is 3.62. The molecular weight excluding hydrogens is 306 g/mol. The number of nitrogens with one attached hydrogen (secondary N) is 1. The van der Waals surface area contributed by atoms with Crippen molar-refractivity contribution in [3.8, 4) is 0 Å². The van der Waals surface area contributed by atoms with E-state index in [0.717, 1.165) is 16.7 Å². The average molecular weight is 327 g/mol. The van der Waals surface area contributed by atoms with Gasteiger partial charge < -0.3 is 15.2 Å². The SMILES string of the molecule is Cc1cccc(CC(CNC(=O)OCc2ccccc2)C(=O)O)c1. The quantitative estimate of drug-likeness (QED) is 0.819. The molecule has 2 N–H and O–H groups in total. The van der Waals surface area contributed by atoms with Crippen LogP contribution < -0.4 is 5.32 Å². The molecule has 0 bridgehead atoms. The van der Waals surface area contributed by atoms with Gasteiger partial charge in [-0.15, -0.1) is 0 Å². The van der Waals surface area contributed by atoms with Gasteiger partial charge in [0.1, 0.15) is 6.61 Å². The van der Waals surface area contributed by atoms with E-state index >= 15 is 0 Å². The third kappa shape index (κ3) is 5.76. The van der Waals surface area contributed by atoms with E-state index in [-0.39, 0.29) is 13.2 Å². The van der Waals surface area contributed by atoms with Crippen molar-refractivity contribution in [2.24, 2.45) is 5.92 Å². The number of carbonyl (C=O) groups is 2. The van der Waals surface area contributed by atoms with Gasteiger partial charge in [-0.3, -0.25) is 4.79 Å². The molecule has 1 amide bonds. The van der Waals surface area contributed by atoms with E-state index in [9.17, 15) is 14.7 Å². The summed E-state index contributed by atoms with van der Waals surface area (Å²) in [6.45, 7) is 2.14. The molecule has 24 heavy (non-hydrogen) atoms. The van der Waals surface area contributed by atoms with Gasteiger partial charge in [0.2, 0.25) is 0 Å². The van der Waals surface area contributed by atoms with Crippen molar-refractivity contribution in [3.05, 3.63) is 71.3 Å². The molecule has 0 heterocycles. The van der Waals surface area contributed by atoms with Crippen molar-refractivity contribution in [1.29, 1.82) is 0 Å². The van der Waals surface area contributed by atoms with Crippen LogP contribution in [0.4, 0.5) is 4.79 Å². The summed E-state index contributed by atoms with van der Waals surface area (Å²) < 4.78 is 5.08. The van der Waals surface area contributed by atoms with Crippen LogP contribution in [0, 0.1) is 12.8 Å². The summed E-state index contributed by atoms with van der Waals surface area (Å²) in [5.41, 5.74) is 2.89. The molecule has 1 atom stereocenters. The molecule has 0 spiro atoms. The fourth-order valence-electron chi connectivity index (χ4n) is 2.35. The molecule has 0 aliphatic rings. The highest BCUT2D eigenvalue weighted by Gasteiger charge is 2.19. The van der Waals surface area contributed by atoms with Crippen molar-refractivity contribution in [1.82, 2.24) is 5.32 Å². The summed E-state index contributed by atoms with van der Waals surface area (Å²) in [4.78, 5) is 23.1. The monoisotopic (exact) mass is 327 g/mol. The Bertz CT molecular complexity index is 685. The summed E-state index contributed by atoms with van der Waals surface area (Å²) in [5, 5.41) is 11.9. The summed E-state index contributed by atoms with van der Waals surface area (Å²) in [6.07, 6.45) is -0.259. The Morgan fingerprint density at radius 2 is 1.79 bits per heavy atom. The number of aryl methyl sites for hydroxylation is 1. The number of carboxylic acids is 1. The van der Waals surface area contributed by atoms with Gasteiger partial charge in [0.15, 0.2) is 0 Å². The van der Waals surface area contributed by atoms with Crippen molar-refractivity contribution in [2.45, 2.75) is 20.0 Å². The number of carbonyl (C=O) groups excluding carboxylic acids is 1. The van der Waals surface area contributed by atoms with Gasteiger partial charge in [0.25, 0.3) is 0 Å². The topological polar surface area (TPSA) is 75.6 Å². The maximum Gasteiger partial charge on any atom is 0.407 e. The van der Waals surface area contributed by atoms with Crippen LogP contribution in [-0.2, 0) is 22.6 Å². The van der Waals surface area contributed by atoms with Gasteiger partial charge in [-0.05, 0) is 24.5 Å². The van der Waals surface area contributed by atoms with E-state index in [1.54, 1.807) is 0 Å². The Hall–Kier alpha value is -2.82. The Morgan fingerprint density at radius 1 is 1.08 bits per heavy atom. The van der Waals surface area contributed by atoms with Gasteiger partial charge in [0.05, 0.1) is 5.92 Å². The number of carboxylic acid groups (broad SMARTS) is 1. The Morgan fingerprint density at radius 3 is 2.46 bits per heavy atom. The van der Waals surface area contributed by atoms with Gasteiger partial charge >= 0.3 is 12.1 Å². The molecule has 5 heteroatoms. The zero-order chi connectivity index (χ0) is 17.4.